The molecule has 0 fully saturated rings. The smallest absolute Gasteiger partial charge is 0.213 e. The standard InChI is InChI=1S/C9H16N2O/c1-6(2)8-5-10-11(7(3)4)9(8)12/h5-7,12H,1-4H3. The minimum atomic E-state index is 0.220. The lowest BCUT2D eigenvalue weighted by Gasteiger charge is -2.07. The quantitative estimate of drug-likeness (QED) is 0.735. The van der Waals surface area contributed by atoms with E-state index in [2.05, 4.69) is 5.10 Å². The van der Waals surface area contributed by atoms with Crippen LogP contribution in [0.2, 0.25) is 0 Å². The summed E-state index contributed by atoms with van der Waals surface area (Å²) in [5.41, 5.74) is 0.920. The van der Waals surface area contributed by atoms with Gasteiger partial charge in [-0.05, 0) is 19.8 Å². The molecule has 0 radical (unpaired) electrons. The number of rotatable bonds is 2. The highest BCUT2D eigenvalue weighted by Crippen LogP contribution is 2.26. The lowest BCUT2D eigenvalue weighted by molar-refractivity contribution is 0.372. The number of hydrogen-bond acceptors (Lipinski definition) is 2. The molecule has 0 bridgehead atoms. The predicted molar refractivity (Wildman–Crippen MR) is 48.4 cm³/mol. The van der Waals surface area contributed by atoms with Crippen molar-refractivity contribution in [2.45, 2.75) is 39.7 Å². The van der Waals surface area contributed by atoms with E-state index >= 15 is 0 Å². The maximum absolute atomic E-state index is 9.67. The third-order valence-electron chi connectivity index (χ3n) is 1.91. The van der Waals surface area contributed by atoms with Gasteiger partial charge < -0.3 is 5.11 Å². The highest BCUT2D eigenvalue weighted by Gasteiger charge is 2.13. The van der Waals surface area contributed by atoms with Crippen LogP contribution in [-0.2, 0) is 0 Å². The first kappa shape index (κ1) is 9.10. The van der Waals surface area contributed by atoms with Crippen molar-refractivity contribution in [2.75, 3.05) is 0 Å². The van der Waals surface area contributed by atoms with Crippen LogP contribution >= 0.6 is 0 Å². The van der Waals surface area contributed by atoms with Crippen LogP contribution in [0.15, 0.2) is 6.20 Å². The average Bonchev–Trinajstić information content (AvgIpc) is 2.30. The van der Waals surface area contributed by atoms with Gasteiger partial charge in [0, 0.05) is 5.56 Å². The van der Waals surface area contributed by atoms with Gasteiger partial charge in [-0.3, -0.25) is 0 Å². The number of nitrogens with zero attached hydrogens (tertiary/aromatic N) is 2. The lowest BCUT2D eigenvalue weighted by Crippen LogP contribution is -2.01. The minimum Gasteiger partial charge on any atom is -0.493 e. The molecule has 3 nitrogen and oxygen atoms in total. The van der Waals surface area contributed by atoms with Gasteiger partial charge in [0.05, 0.1) is 12.2 Å². The molecular formula is C9H16N2O. The Morgan fingerprint density at radius 2 is 1.92 bits per heavy atom. The molecule has 0 aliphatic carbocycles. The molecule has 0 spiro atoms. The lowest BCUT2D eigenvalue weighted by atomic mass is 10.1. The van der Waals surface area contributed by atoms with Crippen molar-refractivity contribution in [3.63, 3.8) is 0 Å². The molecule has 0 saturated carbocycles. The topological polar surface area (TPSA) is 38.0 Å². The van der Waals surface area contributed by atoms with Gasteiger partial charge in [0.25, 0.3) is 0 Å². The zero-order chi connectivity index (χ0) is 9.30. The molecule has 0 unspecified atom stereocenters. The molecule has 0 amide bonds. The van der Waals surface area contributed by atoms with Crippen molar-refractivity contribution in [3.8, 4) is 5.88 Å². The van der Waals surface area contributed by atoms with Crippen molar-refractivity contribution in [1.82, 2.24) is 9.78 Å². The molecule has 0 atom stereocenters. The first-order valence-corrected chi connectivity index (χ1v) is 4.30. The average molecular weight is 168 g/mol. The molecule has 0 aliphatic heterocycles. The molecule has 1 aromatic rings. The van der Waals surface area contributed by atoms with Crippen molar-refractivity contribution in [1.29, 1.82) is 0 Å². The third-order valence-corrected chi connectivity index (χ3v) is 1.91. The van der Waals surface area contributed by atoms with E-state index < -0.39 is 0 Å². The fourth-order valence-electron chi connectivity index (χ4n) is 1.15. The maximum Gasteiger partial charge on any atom is 0.213 e. The number of hydrogen-bond donors (Lipinski definition) is 1. The van der Waals surface area contributed by atoms with Gasteiger partial charge in [-0.15, -0.1) is 0 Å². The first-order valence-electron chi connectivity index (χ1n) is 4.30. The summed E-state index contributed by atoms with van der Waals surface area (Å²) in [6.45, 7) is 8.08. The van der Waals surface area contributed by atoms with Crippen LogP contribution in [0.25, 0.3) is 0 Å². The Kier molecular flexibility index (Phi) is 2.40. The van der Waals surface area contributed by atoms with E-state index in [1.807, 2.05) is 27.7 Å². The van der Waals surface area contributed by atoms with Gasteiger partial charge in [-0.25, -0.2) is 4.68 Å². The summed E-state index contributed by atoms with van der Waals surface area (Å²) < 4.78 is 1.63. The second kappa shape index (κ2) is 3.17. The summed E-state index contributed by atoms with van der Waals surface area (Å²) in [6, 6.07) is 0.220. The van der Waals surface area contributed by atoms with Crippen LogP contribution in [0.4, 0.5) is 0 Å². The summed E-state index contributed by atoms with van der Waals surface area (Å²) in [6.07, 6.45) is 1.74. The van der Waals surface area contributed by atoms with E-state index in [0.29, 0.717) is 11.8 Å². The molecule has 1 N–H and O–H groups in total. The zero-order valence-electron chi connectivity index (χ0n) is 8.07. The Hall–Kier alpha value is -0.990. The molecule has 1 heterocycles. The summed E-state index contributed by atoms with van der Waals surface area (Å²) in [5.74, 6) is 0.637. The third kappa shape index (κ3) is 1.44. The van der Waals surface area contributed by atoms with Crippen LogP contribution in [0.3, 0.4) is 0 Å². The largest absolute Gasteiger partial charge is 0.493 e. The van der Waals surface area contributed by atoms with Crippen molar-refractivity contribution in [3.05, 3.63) is 11.8 Å². The maximum atomic E-state index is 9.67. The molecular weight excluding hydrogens is 152 g/mol. The SMILES string of the molecule is CC(C)c1cnn(C(C)C)c1O. The molecule has 1 rings (SSSR count). The second-order valence-corrected chi connectivity index (χ2v) is 3.62. The van der Waals surface area contributed by atoms with E-state index in [1.54, 1.807) is 10.9 Å². The number of aromatic hydroxyl groups is 1. The van der Waals surface area contributed by atoms with Crippen molar-refractivity contribution < 1.29 is 5.11 Å². The number of aromatic nitrogens is 2. The predicted octanol–water partition coefficient (Wildman–Crippen LogP) is 2.29. The summed E-state index contributed by atoms with van der Waals surface area (Å²) in [5, 5.41) is 13.8. The van der Waals surface area contributed by atoms with Crippen LogP contribution in [0.5, 0.6) is 5.88 Å². The Labute approximate surface area is 73.0 Å². The van der Waals surface area contributed by atoms with E-state index in [1.165, 1.54) is 0 Å². The Balaban J connectivity index is 3.04. The normalized spacial score (nSPS) is 11.5. The summed E-state index contributed by atoms with van der Waals surface area (Å²) in [4.78, 5) is 0. The molecule has 12 heavy (non-hydrogen) atoms. The van der Waals surface area contributed by atoms with Gasteiger partial charge in [0.15, 0.2) is 0 Å². The highest BCUT2D eigenvalue weighted by molar-refractivity contribution is 5.26. The van der Waals surface area contributed by atoms with Gasteiger partial charge >= 0.3 is 0 Å². The zero-order valence-corrected chi connectivity index (χ0v) is 8.07. The Morgan fingerprint density at radius 1 is 1.33 bits per heavy atom. The molecule has 68 valence electrons. The molecule has 0 aliphatic rings. The van der Waals surface area contributed by atoms with Crippen molar-refractivity contribution >= 4 is 0 Å². The van der Waals surface area contributed by atoms with Crippen LogP contribution in [0.1, 0.15) is 45.2 Å². The van der Waals surface area contributed by atoms with E-state index in [4.69, 9.17) is 0 Å². The second-order valence-electron chi connectivity index (χ2n) is 3.62. The van der Waals surface area contributed by atoms with Gasteiger partial charge in [0.2, 0.25) is 5.88 Å². The van der Waals surface area contributed by atoms with E-state index in [0.717, 1.165) is 5.56 Å². The Morgan fingerprint density at radius 3 is 2.17 bits per heavy atom. The summed E-state index contributed by atoms with van der Waals surface area (Å²) in [7, 11) is 0. The van der Waals surface area contributed by atoms with Crippen molar-refractivity contribution in [2.24, 2.45) is 0 Å². The van der Waals surface area contributed by atoms with Gasteiger partial charge in [-0.2, -0.15) is 5.10 Å². The minimum absolute atomic E-state index is 0.220. The van der Waals surface area contributed by atoms with E-state index in [9.17, 15) is 5.11 Å². The van der Waals surface area contributed by atoms with Gasteiger partial charge in [0.1, 0.15) is 0 Å². The fourth-order valence-corrected chi connectivity index (χ4v) is 1.15. The van der Waals surface area contributed by atoms with Crippen LogP contribution in [-0.4, -0.2) is 14.9 Å². The molecule has 3 heteroatoms. The van der Waals surface area contributed by atoms with Crippen LogP contribution < -0.4 is 0 Å². The highest BCUT2D eigenvalue weighted by atomic mass is 16.3. The molecule has 0 aromatic carbocycles. The van der Waals surface area contributed by atoms with E-state index in [-0.39, 0.29) is 6.04 Å². The molecule has 0 saturated heterocycles. The monoisotopic (exact) mass is 168 g/mol. The molecule has 1 aromatic heterocycles. The summed E-state index contributed by atoms with van der Waals surface area (Å²) >= 11 is 0. The Bertz CT molecular complexity index is 238. The first-order chi connectivity index (χ1) is 5.54. The van der Waals surface area contributed by atoms with Gasteiger partial charge in [-0.1, -0.05) is 13.8 Å². The van der Waals surface area contributed by atoms with Crippen LogP contribution in [0, 0.1) is 0 Å². The fraction of sp³-hybridized carbons (Fsp3) is 0.667.